The van der Waals surface area contributed by atoms with Crippen LogP contribution in [-0.2, 0) is 0 Å². The first-order valence-electron chi connectivity index (χ1n) is 1.67. The molecular weight excluding hydrogens is 488 g/mol. The van der Waals surface area contributed by atoms with Crippen LogP contribution in [0.2, 0.25) is 0 Å². The maximum absolute atomic E-state index is 2.00. The van der Waals surface area contributed by atoms with Crippen molar-refractivity contribution in [1.29, 1.82) is 0 Å². The van der Waals surface area contributed by atoms with Crippen LogP contribution in [0.15, 0.2) is 24.3 Å². The molecule has 1 aliphatic rings. The summed E-state index contributed by atoms with van der Waals surface area (Å²) >= 11 is 0. The Hall–Kier alpha value is 1.88. The first-order valence-corrected chi connectivity index (χ1v) is 1.67. The average molecular weight is 520 g/mol. The van der Waals surface area contributed by atoms with Gasteiger partial charge in [-0.3, -0.25) is 0 Å². The van der Waals surface area contributed by atoms with Gasteiger partial charge in [0.2, 0.25) is 0 Å². The molecule has 1 rings (SSSR count). The Morgan fingerprint density at radius 3 is 0.714 bits per heavy atom. The van der Waals surface area contributed by atoms with E-state index in [0.717, 1.165) is 0 Å². The van der Waals surface area contributed by atoms with Gasteiger partial charge < -0.3 is 0 Å². The molecule has 0 spiro atoms. The quantitative estimate of drug-likeness (QED) is 0.421. The molecule has 0 nitrogen and oxygen atoms in total. The van der Waals surface area contributed by atoms with Gasteiger partial charge in [-0.2, -0.15) is 0 Å². The Balaban J connectivity index is -0.00000000312. The average Bonchev–Trinajstić information content (AvgIpc) is 1.76. The van der Waals surface area contributed by atoms with Gasteiger partial charge in [0.1, 0.15) is 0 Å². The molecule has 1 aliphatic carbocycles. The van der Waals surface area contributed by atoms with E-state index in [1.165, 1.54) is 0 Å². The Morgan fingerprint density at radius 2 is 0.643 bits per heavy atom. The molecule has 3 heteroatoms. The second kappa shape index (κ2) is 60.6. The second-order valence-corrected chi connectivity index (χ2v) is 0.962. The SMILES string of the molecule is C.C.C.C.C.C.[CH]1C=CC=C1.[HH].[Sn].[Sn].[Sn]. The largest absolute Gasteiger partial charge is 0.0776 e. The minimum Gasteiger partial charge on any atom is -0.0776 e. The van der Waals surface area contributed by atoms with E-state index in [0.29, 0.717) is 0 Å². The smallest absolute Gasteiger partial charge is 0.00506 e. The molecule has 0 N–H and O–H groups in total. The zero-order valence-electron chi connectivity index (χ0n) is 4.39. The van der Waals surface area contributed by atoms with Crippen molar-refractivity contribution in [2.45, 2.75) is 44.6 Å². The zero-order chi connectivity index (χ0) is 3.54. The topological polar surface area (TPSA) is 0 Å². The van der Waals surface area contributed by atoms with Crippen LogP contribution in [0.3, 0.4) is 0 Å². The van der Waals surface area contributed by atoms with E-state index >= 15 is 0 Å². The molecule has 0 bridgehead atoms. The van der Waals surface area contributed by atoms with Crippen molar-refractivity contribution in [3.05, 3.63) is 30.7 Å². The summed E-state index contributed by atoms with van der Waals surface area (Å²) in [4.78, 5) is 0. The van der Waals surface area contributed by atoms with Crippen LogP contribution in [0.5, 0.6) is 0 Å². The minimum absolute atomic E-state index is 0. The Bertz CT molecular complexity index is 73.9. The Labute approximate surface area is 147 Å². The van der Waals surface area contributed by atoms with E-state index < -0.39 is 0 Å². The number of hydrogen-bond acceptors (Lipinski definition) is 0. The molecule has 0 saturated heterocycles. The summed E-state index contributed by atoms with van der Waals surface area (Å²) in [6.07, 6.45) is 10.0. The van der Waals surface area contributed by atoms with Gasteiger partial charge in [-0.05, 0) is 0 Å². The molecule has 0 heterocycles. The molecule has 0 amide bonds. The fraction of sp³-hybridized carbons (Fsp3) is 0.545. The summed E-state index contributed by atoms with van der Waals surface area (Å²) in [5, 5.41) is 0. The summed E-state index contributed by atoms with van der Waals surface area (Å²) in [6, 6.07) is 0. The fourth-order valence-electron chi connectivity index (χ4n) is 0.321. The van der Waals surface area contributed by atoms with E-state index in [2.05, 4.69) is 0 Å². The van der Waals surface area contributed by atoms with Gasteiger partial charge in [-0.15, -0.1) is 0 Å². The summed E-state index contributed by atoms with van der Waals surface area (Å²) in [6.45, 7) is 0. The zero-order valence-corrected chi connectivity index (χ0v) is 12.9. The Morgan fingerprint density at radius 1 is 0.429 bits per heavy atom. The molecule has 0 aromatic rings. The summed E-state index contributed by atoms with van der Waals surface area (Å²) in [5.74, 6) is 0. The van der Waals surface area contributed by atoms with Gasteiger partial charge in [0.25, 0.3) is 0 Å². The van der Waals surface area contributed by atoms with Crippen LogP contribution in [0.4, 0.5) is 0 Å². The number of allylic oxidation sites excluding steroid dienone is 4. The third-order valence-electron chi connectivity index (χ3n) is 0.556. The van der Waals surface area contributed by atoms with Gasteiger partial charge in [0.05, 0.1) is 0 Å². The third kappa shape index (κ3) is 48.7. The van der Waals surface area contributed by atoms with E-state index in [9.17, 15) is 0 Å². The van der Waals surface area contributed by atoms with Crippen LogP contribution in [-0.4, -0.2) is 71.7 Å². The third-order valence-corrected chi connectivity index (χ3v) is 0.556. The van der Waals surface area contributed by atoms with Crippen molar-refractivity contribution in [3.8, 4) is 0 Å². The predicted molar refractivity (Wildman–Crippen MR) is 82.3 cm³/mol. The van der Waals surface area contributed by atoms with Crippen LogP contribution in [0.1, 0.15) is 46.0 Å². The minimum atomic E-state index is 0. The molecule has 0 fully saturated rings. The molecule has 0 aliphatic heterocycles. The second-order valence-electron chi connectivity index (χ2n) is 0.962. The first kappa shape index (κ1) is 74.3. The Kier molecular flexibility index (Phi) is 322. The summed E-state index contributed by atoms with van der Waals surface area (Å²) < 4.78 is 0. The van der Waals surface area contributed by atoms with Gasteiger partial charge in [-0.1, -0.05) is 68.9 Å². The van der Waals surface area contributed by atoms with Crippen LogP contribution in [0, 0.1) is 6.42 Å². The molecule has 0 unspecified atom stereocenters. The van der Waals surface area contributed by atoms with Crippen molar-refractivity contribution in [2.24, 2.45) is 0 Å². The molecule has 0 aromatic heterocycles. The maximum atomic E-state index is 2.00. The van der Waals surface area contributed by atoms with Gasteiger partial charge in [0.15, 0.2) is 0 Å². The normalized spacial score (nSPS) is 6.29. The summed E-state index contributed by atoms with van der Waals surface area (Å²) in [7, 11) is 0. The van der Waals surface area contributed by atoms with Crippen molar-refractivity contribution >= 4 is 71.7 Å². The number of rotatable bonds is 0. The molecule has 14 heavy (non-hydrogen) atoms. The van der Waals surface area contributed by atoms with E-state index in [4.69, 9.17) is 0 Å². The molecule has 0 saturated carbocycles. The van der Waals surface area contributed by atoms with Crippen LogP contribution in [0.25, 0.3) is 0 Å². The molecule has 0 atom stereocenters. The van der Waals surface area contributed by atoms with Gasteiger partial charge in [-0.25, -0.2) is 0 Å². The fourth-order valence-corrected chi connectivity index (χ4v) is 0.321. The van der Waals surface area contributed by atoms with Crippen molar-refractivity contribution < 1.29 is 1.43 Å². The van der Waals surface area contributed by atoms with Crippen molar-refractivity contribution in [2.75, 3.05) is 0 Å². The van der Waals surface area contributed by atoms with Crippen molar-refractivity contribution in [3.63, 3.8) is 0 Å². The van der Waals surface area contributed by atoms with Crippen molar-refractivity contribution in [1.82, 2.24) is 0 Å². The number of hydrogen-bond donors (Lipinski definition) is 0. The van der Waals surface area contributed by atoms with Crippen LogP contribution >= 0.6 is 0 Å². The van der Waals surface area contributed by atoms with Gasteiger partial charge in [0, 0.05) is 79.6 Å². The van der Waals surface area contributed by atoms with Crippen LogP contribution < -0.4 is 0 Å². The van der Waals surface area contributed by atoms with E-state index in [1.807, 2.05) is 30.7 Å². The summed E-state index contributed by atoms with van der Waals surface area (Å²) in [5.41, 5.74) is 0. The predicted octanol–water partition coefficient (Wildman–Crippen LogP) is 4.24. The van der Waals surface area contributed by atoms with E-state index in [1.54, 1.807) is 0 Å². The first-order chi connectivity index (χ1) is 2.50. The monoisotopic (exact) mass is 523 g/mol. The molecular formula is C11H31Sn3. The molecule has 0 aromatic carbocycles. The molecule has 87 valence electrons. The van der Waals surface area contributed by atoms with E-state index in [-0.39, 0.29) is 118 Å². The standard InChI is InChI=1S/C5H5.6CH4.3Sn.H2/c1-2-4-5-3-1;;;;;;;;;;/h1-5H;6*1H4;;;;1H. The molecule has 13 radical (unpaired) electrons. The maximum Gasteiger partial charge on any atom is 0.00506 e. The van der Waals surface area contributed by atoms with Gasteiger partial charge >= 0.3 is 0 Å².